The van der Waals surface area contributed by atoms with Crippen LogP contribution in [0.5, 0.6) is 0 Å². The number of benzene rings is 1. The van der Waals surface area contributed by atoms with Gasteiger partial charge in [-0.1, -0.05) is 30.3 Å². The van der Waals surface area contributed by atoms with Crippen LogP contribution in [0.1, 0.15) is 31.4 Å². The van der Waals surface area contributed by atoms with Crippen molar-refractivity contribution in [2.24, 2.45) is 11.8 Å². The number of carbonyl (C=O) groups excluding carboxylic acids is 2. The Balaban J connectivity index is 1.54. The number of carbonyl (C=O) groups is 2. The minimum atomic E-state index is -0.179. The maximum atomic E-state index is 13.0. The van der Waals surface area contributed by atoms with Crippen LogP contribution in [0.3, 0.4) is 0 Å². The molecule has 1 fully saturated rings. The first kappa shape index (κ1) is 20.1. The monoisotopic (exact) mass is 379 g/mol. The first-order valence-electron chi connectivity index (χ1n) is 9.95. The smallest absolute Gasteiger partial charge is 0.227 e. The second-order valence-corrected chi connectivity index (χ2v) is 7.86. The molecule has 148 valence electrons. The van der Waals surface area contributed by atoms with E-state index in [9.17, 15) is 9.59 Å². The lowest BCUT2D eigenvalue weighted by Gasteiger charge is -2.27. The normalized spacial score (nSPS) is 18.0. The standard InChI is InChI=1S/C23H29N3O2/c1-17(2)26(16-19-7-5-4-6-8-19)23(28)21-15-20(21)22(27)25(3)14-11-18-9-12-24-13-10-18/h4-10,12-13,17,20-21H,11,14-16H2,1-3H3. The maximum absolute atomic E-state index is 13.0. The number of amides is 2. The summed E-state index contributed by atoms with van der Waals surface area (Å²) in [5.41, 5.74) is 2.27. The van der Waals surface area contributed by atoms with Crippen LogP contribution in [0.15, 0.2) is 54.9 Å². The summed E-state index contributed by atoms with van der Waals surface area (Å²) in [5.74, 6) is -0.176. The number of rotatable bonds is 8. The van der Waals surface area contributed by atoms with E-state index < -0.39 is 0 Å². The molecule has 2 unspecified atom stereocenters. The zero-order valence-corrected chi connectivity index (χ0v) is 16.9. The van der Waals surface area contributed by atoms with E-state index in [2.05, 4.69) is 4.98 Å². The minimum Gasteiger partial charge on any atom is -0.345 e. The Morgan fingerprint density at radius 2 is 1.64 bits per heavy atom. The molecule has 1 aromatic heterocycles. The molecule has 2 amide bonds. The molecule has 1 saturated carbocycles. The van der Waals surface area contributed by atoms with Gasteiger partial charge in [-0.15, -0.1) is 0 Å². The zero-order valence-electron chi connectivity index (χ0n) is 16.9. The van der Waals surface area contributed by atoms with E-state index in [4.69, 9.17) is 0 Å². The Bertz CT molecular complexity index is 792. The number of nitrogens with zero attached hydrogens (tertiary/aromatic N) is 3. The van der Waals surface area contributed by atoms with Crippen LogP contribution in [-0.2, 0) is 22.6 Å². The Kier molecular flexibility index (Phi) is 6.45. The molecule has 3 rings (SSSR count). The molecular weight excluding hydrogens is 350 g/mol. The summed E-state index contributed by atoms with van der Waals surface area (Å²) < 4.78 is 0. The van der Waals surface area contributed by atoms with Crippen molar-refractivity contribution in [3.05, 3.63) is 66.0 Å². The summed E-state index contributed by atoms with van der Waals surface area (Å²) in [6.45, 7) is 5.30. The van der Waals surface area contributed by atoms with Gasteiger partial charge in [0.15, 0.2) is 0 Å². The molecule has 1 aliphatic carbocycles. The predicted octanol–water partition coefficient (Wildman–Crippen LogP) is 3.16. The molecule has 0 aliphatic heterocycles. The molecule has 1 aromatic carbocycles. The van der Waals surface area contributed by atoms with Crippen LogP contribution >= 0.6 is 0 Å². The maximum Gasteiger partial charge on any atom is 0.227 e. The average molecular weight is 380 g/mol. The number of hydrogen-bond acceptors (Lipinski definition) is 3. The van der Waals surface area contributed by atoms with Crippen LogP contribution in [-0.4, -0.2) is 46.2 Å². The Hall–Kier alpha value is -2.69. The second-order valence-electron chi connectivity index (χ2n) is 7.86. The minimum absolute atomic E-state index is 0.0795. The Morgan fingerprint density at radius 1 is 1.00 bits per heavy atom. The molecule has 5 heteroatoms. The highest BCUT2D eigenvalue weighted by atomic mass is 16.2. The zero-order chi connectivity index (χ0) is 20.1. The molecule has 1 aliphatic rings. The highest BCUT2D eigenvalue weighted by molar-refractivity contribution is 5.92. The van der Waals surface area contributed by atoms with Gasteiger partial charge in [0.25, 0.3) is 0 Å². The van der Waals surface area contributed by atoms with E-state index in [0.717, 1.165) is 17.5 Å². The third-order valence-electron chi connectivity index (χ3n) is 5.39. The van der Waals surface area contributed by atoms with Crippen molar-refractivity contribution in [1.82, 2.24) is 14.8 Å². The number of hydrogen-bond donors (Lipinski definition) is 0. The first-order chi connectivity index (χ1) is 13.5. The van der Waals surface area contributed by atoms with Crippen LogP contribution in [0.2, 0.25) is 0 Å². The molecule has 0 radical (unpaired) electrons. The van der Waals surface area contributed by atoms with Gasteiger partial charge in [0.2, 0.25) is 11.8 Å². The third kappa shape index (κ3) is 4.97. The molecule has 0 saturated heterocycles. The van der Waals surface area contributed by atoms with Gasteiger partial charge < -0.3 is 9.80 Å². The van der Waals surface area contributed by atoms with Gasteiger partial charge in [-0.05, 0) is 49.9 Å². The molecule has 1 heterocycles. The summed E-state index contributed by atoms with van der Waals surface area (Å²) in [6.07, 6.45) is 4.98. The van der Waals surface area contributed by atoms with Gasteiger partial charge in [-0.3, -0.25) is 14.6 Å². The van der Waals surface area contributed by atoms with Gasteiger partial charge in [0.05, 0.1) is 11.8 Å². The lowest BCUT2D eigenvalue weighted by atomic mass is 10.1. The first-order valence-corrected chi connectivity index (χ1v) is 9.95. The Labute approximate surface area is 167 Å². The molecule has 2 atom stereocenters. The second kappa shape index (κ2) is 9.00. The lowest BCUT2D eigenvalue weighted by molar-refractivity contribution is -0.138. The van der Waals surface area contributed by atoms with E-state index in [1.54, 1.807) is 17.3 Å². The van der Waals surface area contributed by atoms with E-state index in [1.165, 1.54) is 0 Å². The summed E-state index contributed by atoms with van der Waals surface area (Å²) in [7, 11) is 1.83. The molecular formula is C23H29N3O2. The van der Waals surface area contributed by atoms with E-state index in [1.807, 2.05) is 68.3 Å². The fraction of sp³-hybridized carbons (Fsp3) is 0.435. The fourth-order valence-corrected chi connectivity index (χ4v) is 3.49. The van der Waals surface area contributed by atoms with Gasteiger partial charge in [0.1, 0.15) is 0 Å². The van der Waals surface area contributed by atoms with Crippen molar-refractivity contribution in [2.45, 2.75) is 39.3 Å². The summed E-state index contributed by atoms with van der Waals surface area (Å²) in [6, 6.07) is 14.0. The van der Waals surface area contributed by atoms with Gasteiger partial charge in [-0.2, -0.15) is 0 Å². The fourth-order valence-electron chi connectivity index (χ4n) is 3.49. The van der Waals surface area contributed by atoms with Crippen molar-refractivity contribution >= 4 is 11.8 Å². The summed E-state index contributed by atoms with van der Waals surface area (Å²) >= 11 is 0. The predicted molar refractivity (Wildman–Crippen MR) is 109 cm³/mol. The SMILES string of the molecule is CC(C)N(Cc1ccccc1)C(=O)C1CC1C(=O)N(C)CCc1ccncc1. The summed E-state index contributed by atoms with van der Waals surface area (Å²) in [4.78, 5) is 33.4. The van der Waals surface area contributed by atoms with Crippen LogP contribution in [0, 0.1) is 11.8 Å². The van der Waals surface area contributed by atoms with Crippen molar-refractivity contribution in [1.29, 1.82) is 0 Å². The van der Waals surface area contributed by atoms with Crippen molar-refractivity contribution < 1.29 is 9.59 Å². The number of pyridine rings is 1. The van der Waals surface area contributed by atoms with Crippen molar-refractivity contribution in [3.63, 3.8) is 0 Å². The van der Waals surface area contributed by atoms with Crippen molar-refractivity contribution in [2.75, 3.05) is 13.6 Å². The number of aromatic nitrogens is 1. The highest BCUT2D eigenvalue weighted by Gasteiger charge is 2.50. The average Bonchev–Trinajstić information content (AvgIpc) is 3.51. The molecule has 5 nitrogen and oxygen atoms in total. The quantitative estimate of drug-likeness (QED) is 0.708. The van der Waals surface area contributed by atoms with Crippen LogP contribution in [0.4, 0.5) is 0 Å². The molecule has 2 aromatic rings. The van der Waals surface area contributed by atoms with Gasteiger partial charge in [-0.25, -0.2) is 0 Å². The van der Waals surface area contributed by atoms with Gasteiger partial charge in [0, 0.05) is 38.6 Å². The van der Waals surface area contributed by atoms with Crippen LogP contribution in [0.25, 0.3) is 0 Å². The molecule has 28 heavy (non-hydrogen) atoms. The van der Waals surface area contributed by atoms with Crippen molar-refractivity contribution in [3.8, 4) is 0 Å². The largest absolute Gasteiger partial charge is 0.345 e. The Morgan fingerprint density at radius 3 is 2.29 bits per heavy atom. The van der Waals surface area contributed by atoms with E-state index >= 15 is 0 Å². The summed E-state index contributed by atoms with van der Waals surface area (Å²) in [5, 5.41) is 0. The highest BCUT2D eigenvalue weighted by Crippen LogP contribution is 2.41. The topological polar surface area (TPSA) is 53.5 Å². The number of likely N-dealkylation sites (N-methyl/N-ethyl adjacent to an activating group) is 1. The van der Waals surface area contributed by atoms with Gasteiger partial charge >= 0.3 is 0 Å². The molecule has 0 bridgehead atoms. The van der Waals surface area contributed by atoms with E-state index in [-0.39, 0.29) is 29.7 Å². The third-order valence-corrected chi connectivity index (χ3v) is 5.39. The molecule has 0 spiro atoms. The molecule has 0 N–H and O–H groups in total. The van der Waals surface area contributed by atoms with E-state index in [0.29, 0.717) is 19.5 Å². The van der Waals surface area contributed by atoms with Crippen LogP contribution < -0.4 is 0 Å². The lowest BCUT2D eigenvalue weighted by Crippen LogP contribution is -2.39.